The average molecular weight is 416 g/mol. The number of fused-ring (bicyclic) bond motifs is 1. The number of allylic oxidation sites excluding steroid dienone is 2. The van der Waals surface area contributed by atoms with E-state index in [4.69, 9.17) is 11.6 Å². The second-order valence-electron chi connectivity index (χ2n) is 6.82. The van der Waals surface area contributed by atoms with Gasteiger partial charge in [-0.05, 0) is 61.2 Å². The fraction of sp³-hybridized carbons (Fsp3) is 0.200. The van der Waals surface area contributed by atoms with Gasteiger partial charge >= 0.3 is 0 Å². The van der Waals surface area contributed by atoms with E-state index in [0.717, 1.165) is 18.6 Å². The van der Waals surface area contributed by atoms with E-state index in [9.17, 15) is 13.2 Å². The van der Waals surface area contributed by atoms with Gasteiger partial charge in [0.1, 0.15) is 0 Å². The van der Waals surface area contributed by atoms with Gasteiger partial charge in [-0.25, -0.2) is 13.8 Å². The highest BCUT2D eigenvalue weighted by Crippen LogP contribution is 2.40. The standard InChI is InChI=1S/C20H18ClN3O3S/c21-15-7-9-16(10-8-15)24-28(26,27)17-5-1-4-14(11-17)20(25)23-22-19-12-13-3-2-6-18(13)19/h1-5,7-11,13,18,24H,6,12H2,(H,23,25)/b22-19-/t13-,18+/m0/s1. The molecule has 144 valence electrons. The summed E-state index contributed by atoms with van der Waals surface area (Å²) in [6, 6.07) is 12.2. The van der Waals surface area contributed by atoms with Gasteiger partial charge in [0, 0.05) is 27.9 Å². The molecule has 0 spiro atoms. The first-order valence-corrected chi connectivity index (χ1v) is 10.7. The van der Waals surface area contributed by atoms with Gasteiger partial charge in [0.15, 0.2) is 0 Å². The summed E-state index contributed by atoms with van der Waals surface area (Å²) in [5.41, 5.74) is 4.13. The van der Waals surface area contributed by atoms with Gasteiger partial charge in [0.05, 0.1) is 4.90 Å². The molecule has 0 saturated heterocycles. The molecule has 8 heteroatoms. The Balaban J connectivity index is 1.46. The molecular weight excluding hydrogens is 398 g/mol. The second-order valence-corrected chi connectivity index (χ2v) is 8.94. The Morgan fingerprint density at radius 2 is 1.93 bits per heavy atom. The predicted molar refractivity (Wildman–Crippen MR) is 109 cm³/mol. The minimum absolute atomic E-state index is 0.00791. The van der Waals surface area contributed by atoms with Crippen LogP contribution in [0.1, 0.15) is 23.2 Å². The molecule has 1 fully saturated rings. The largest absolute Gasteiger partial charge is 0.280 e. The Hall–Kier alpha value is -2.64. The van der Waals surface area contributed by atoms with E-state index in [0.29, 0.717) is 22.5 Å². The number of nitrogens with zero attached hydrogens (tertiary/aromatic N) is 1. The molecule has 0 aromatic heterocycles. The van der Waals surface area contributed by atoms with Crippen molar-refractivity contribution in [3.8, 4) is 0 Å². The quantitative estimate of drug-likeness (QED) is 0.574. The number of hydrogen-bond donors (Lipinski definition) is 2. The number of hydrogen-bond acceptors (Lipinski definition) is 4. The zero-order valence-electron chi connectivity index (χ0n) is 14.8. The first-order valence-electron chi connectivity index (χ1n) is 8.84. The molecule has 2 N–H and O–H groups in total. The van der Waals surface area contributed by atoms with Gasteiger partial charge in [0.2, 0.25) is 0 Å². The number of anilines is 1. The van der Waals surface area contributed by atoms with Crippen LogP contribution in [0.3, 0.4) is 0 Å². The molecule has 6 nitrogen and oxygen atoms in total. The number of hydrazone groups is 1. The highest BCUT2D eigenvalue weighted by Gasteiger charge is 2.38. The van der Waals surface area contributed by atoms with E-state index in [-0.39, 0.29) is 10.5 Å². The van der Waals surface area contributed by atoms with E-state index in [2.05, 4.69) is 27.4 Å². The minimum Gasteiger partial charge on any atom is -0.280 e. The van der Waals surface area contributed by atoms with Crippen molar-refractivity contribution in [3.63, 3.8) is 0 Å². The lowest BCUT2D eigenvalue weighted by Gasteiger charge is -2.31. The Morgan fingerprint density at radius 1 is 1.14 bits per heavy atom. The maximum atomic E-state index is 12.6. The summed E-state index contributed by atoms with van der Waals surface area (Å²) in [5, 5.41) is 4.72. The van der Waals surface area contributed by atoms with Crippen molar-refractivity contribution in [1.82, 2.24) is 5.43 Å². The van der Waals surface area contributed by atoms with Crippen LogP contribution in [0.25, 0.3) is 0 Å². The number of benzene rings is 2. The SMILES string of the molecule is O=C(N/N=C1/C[C@@H]2C=CC[C@@H]12)c1cccc(S(=O)(=O)Nc2ccc(Cl)cc2)c1. The fourth-order valence-corrected chi connectivity index (χ4v) is 4.62. The normalized spacial score (nSPS) is 21.8. The van der Waals surface area contributed by atoms with E-state index in [1.807, 2.05) is 0 Å². The third-order valence-electron chi connectivity index (χ3n) is 4.97. The van der Waals surface area contributed by atoms with E-state index in [1.54, 1.807) is 30.3 Å². The van der Waals surface area contributed by atoms with Gasteiger partial charge < -0.3 is 0 Å². The van der Waals surface area contributed by atoms with Crippen LogP contribution in [-0.2, 0) is 10.0 Å². The van der Waals surface area contributed by atoms with Crippen molar-refractivity contribution in [2.75, 3.05) is 4.72 Å². The molecule has 0 unspecified atom stereocenters. The number of amides is 1. The summed E-state index contributed by atoms with van der Waals surface area (Å²) in [4.78, 5) is 12.4. The predicted octanol–water partition coefficient (Wildman–Crippen LogP) is 3.82. The van der Waals surface area contributed by atoms with Crippen LogP contribution in [0.2, 0.25) is 5.02 Å². The maximum absolute atomic E-state index is 12.6. The summed E-state index contributed by atoms with van der Waals surface area (Å²) in [7, 11) is -3.84. The second kappa shape index (κ2) is 7.41. The first-order chi connectivity index (χ1) is 13.4. The molecule has 0 bridgehead atoms. The monoisotopic (exact) mass is 415 g/mol. The van der Waals surface area contributed by atoms with Crippen molar-refractivity contribution in [3.05, 3.63) is 71.3 Å². The molecule has 2 atom stereocenters. The number of carbonyl (C=O) groups is 1. The van der Waals surface area contributed by atoms with E-state index in [1.165, 1.54) is 18.2 Å². The van der Waals surface area contributed by atoms with Crippen molar-refractivity contribution < 1.29 is 13.2 Å². The van der Waals surface area contributed by atoms with Gasteiger partial charge in [-0.3, -0.25) is 9.52 Å². The average Bonchev–Trinajstić information content (AvgIpc) is 3.04. The number of rotatable bonds is 5. The number of halogens is 1. The highest BCUT2D eigenvalue weighted by molar-refractivity contribution is 7.92. The summed E-state index contributed by atoms with van der Waals surface area (Å²) in [6.07, 6.45) is 6.15. The molecule has 28 heavy (non-hydrogen) atoms. The molecule has 1 saturated carbocycles. The zero-order chi connectivity index (χ0) is 19.7. The lowest BCUT2D eigenvalue weighted by molar-refractivity contribution is 0.0953. The number of sulfonamides is 1. The molecule has 2 aliphatic carbocycles. The number of carbonyl (C=O) groups excluding carboxylic acids is 1. The van der Waals surface area contributed by atoms with Gasteiger partial charge in [-0.15, -0.1) is 0 Å². The van der Waals surface area contributed by atoms with Crippen molar-refractivity contribution in [2.45, 2.75) is 17.7 Å². The maximum Gasteiger partial charge on any atom is 0.271 e. The molecule has 1 amide bonds. The lowest BCUT2D eigenvalue weighted by atomic mass is 9.74. The van der Waals surface area contributed by atoms with Crippen molar-refractivity contribution in [1.29, 1.82) is 0 Å². The molecule has 2 aromatic rings. The Bertz CT molecular complexity index is 1080. The first kappa shape index (κ1) is 18.7. The molecular formula is C20H18ClN3O3S. The molecule has 0 heterocycles. The summed E-state index contributed by atoms with van der Waals surface area (Å²) < 4.78 is 27.7. The van der Waals surface area contributed by atoms with Crippen LogP contribution in [0, 0.1) is 11.8 Å². The molecule has 2 aliphatic rings. The van der Waals surface area contributed by atoms with E-state index >= 15 is 0 Å². The van der Waals surface area contributed by atoms with Crippen molar-refractivity contribution in [2.24, 2.45) is 16.9 Å². The molecule has 0 radical (unpaired) electrons. The summed E-state index contributed by atoms with van der Waals surface area (Å²) in [5.74, 6) is 0.504. The Kier molecular flexibility index (Phi) is 4.95. The van der Waals surface area contributed by atoms with Crippen LogP contribution in [0.15, 0.2) is 70.7 Å². The van der Waals surface area contributed by atoms with Crippen LogP contribution < -0.4 is 10.1 Å². The smallest absolute Gasteiger partial charge is 0.271 e. The van der Waals surface area contributed by atoms with Crippen LogP contribution in [-0.4, -0.2) is 20.0 Å². The Morgan fingerprint density at radius 3 is 2.68 bits per heavy atom. The van der Waals surface area contributed by atoms with E-state index < -0.39 is 15.9 Å². The lowest BCUT2D eigenvalue weighted by Crippen LogP contribution is -2.35. The van der Waals surface area contributed by atoms with Gasteiger partial charge in [-0.1, -0.05) is 29.8 Å². The Labute approximate surface area is 168 Å². The van der Waals surface area contributed by atoms with Crippen LogP contribution >= 0.6 is 11.6 Å². The van der Waals surface area contributed by atoms with Crippen molar-refractivity contribution >= 4 is 38.9 Å². The fourth-order valence-electron chi connectivity index (χ4n) is 3.39. The third kappa shape index (κ3) is 3.81. The summed E-state index contributed by atoms with van der Waals surface area (Å²) >= 11 is 5.82. The minimum atomic E-state index is -3.84. The summed E-state index contributed by atoms with van der Waals surface area (Å²) in [6.45, 7) is 0. The third-order valence-corrected chi connectivity index (χ3v) is 6.60. The zero-order valence-corrected chi connectivity index (χ0v) is 16.4. The highest BCUT2D eigenvalue weighted by atomic mass is 35.5. The molecule has 4 rings (SSSR count). The molecule has 0 aliphatic heterocycles. The topological polar surface area (TPSA) is 87.6 Å². The number of nitrogens with one attached hydrogen (secondary N) is 2. The van der Waals surface area contributed by atoms with Gasteiger partial charge in [-0.2, -0.15) is 5.10 Å². The van der Waals surface area contributed by atoms with Crippen LogP contribution in [0.4, 0.5) is 5.69 Å². The van der Waals surface area contributed by atoms with Crippen LogP contribution in [0.5, 0.6) is 0 Å². The van der Waals surface area contributed by atoms with Gasteiger partial charge in [0.25, 0.3) is 15.9 Å². The molecule has 2 aromatic carbocycles.